The maximum absolute atomic E-state index is 11.5. The molecule has 0 saturated heterocycles. The lowest BCUT2D eigenvalue weighted by Crippen LogP contribution is -2.27. The largest absolute Gasteiger partial charge is 0.341 e. The number of rotatable bonds is 4. The summed E-state index contributed by atoms with van der Waals surface area (Å²) in [5.74, 6) is 0.720. The minimum atomic E-state index is 0.172. The first-order valence-electron chi connectivity index (χ1n) is 4.61. The average Bonchev–Trinajstić information content (AvgIpc) is 2.22. The second-order valence-corrected chi connectivity index (χ2v) is 5.09. The summed E-state index contributed by atoms with van der Waals surface area (Å²) in [7, 11) is 1.83. The zero-order chi connectivity index (χ0) is 11.3. The molecule has 0 aliphatic rings. The molecule has 0 spiro atoms. The van der Waals surface area contributed by atoms with Crippen LogP contribution in [-0.4, -0.2) is 29.9 Å². The van der Waals surface area contributed by atoms with Crippen LogP contribution in [0.5, 0.6) is 0 Å². The van der Waals surface area contributed by atoms with Crippen molar-refractivity contribution in [1.82, 2.24) is 4.90 Å². The Labute approximate surface area is 103 Å². The lowest BCUT2D eigenvalue weighted by atomic mass is 10.2. The Balaban J connectivity index is 2.54. The quantitative estimate of drug-likeness (QED) is 0.849. The van der Waals surface area contributed by atoms with Crippen LogP contribution in [-0.2, 0) is 11.3 Å². The Kier molecular flexibility index (Phi) is 5.19. The predicted octanol–water partition coefficient (Wildman–Crippen LogP) is 2.77. The molecular formula is C11H14BrNOS. The van der Waals surface area contributed by atoms with Gasteiger partial charge in [-0.15, -0.1) is 0 Å². The lowest BCUT2D eigenvalue weighted by molar-refractivity contribution is -0.127. The highest BCUT2D eigenvalue weighted by atomic mass is 79.9. The minimum Gasteiger partial charge on any atom is -0.341 e. The molecule has 1 amide bonds. The van der Waals surface area contributed by atoms with Crippen molar-refractivity contribution < 1.29 is 4.79 Å². The molecule has 82 valence electrons. The Hall–Kier alpha value is -0.480. The van der Waals surface area contributed by atoms with E-state index in [9.17, 15) is 4.79 Å². The number of hydrogen-bond donors (Lipinski definition) is 0. The molecule has 0 atom stereocenters. The summed E-state index contributed by atoms with van der Waals surface area (Å²) >= 11 is 4.93. The Morgan fingerprint density at radius 3 is 2.53 bits per heavy atom. The highest BCUT2D eigenvalue weighted by molar-refractivity contribution is 9.10. The van der Waals surface area contributed by atoms with Gasteiger partial charge in [0.15, 0.2) is 0 Å². The van der Waals surface area contributed by atoms with Crippen LogP contribution in [0.15, 0.2) is 28.7 Å². The fourth-order valence-corrected chi connectivity index (χ4v) is 1.92. The molecule has 1 aromatic carbocycles. The molecule has 0 aliphatic carbocycles. The summed E-state index contributed by atoms with van der Waals surface area (Å²) in [5.41, 5.74) is 1.15. The van der Waals surface area contributed by atoms with Gasteiger partial charge in [0.25, 0.3) is 0 Å². The number of thioether (sulfide) groups is 1. The van der Waals surface area contributed by atoms with Gasteiger partial charge < -0.3 is 4.90 Å². The summed E-state index contributed by atoms with van der Waals surface area (Å²) in [5, 5.41) is 0. The van der Waals surface area contributed by atoms with Crippen LogP contribution >= 0.6 is 27.7 Å². The molecule has 0 aliphatic heterocycles. The second kappa shape index (κ2) is 6.18. The van der Waals surface area contributed by atoms with Gasteiger partial charge >= 0.3 is 0 Å². The minimum absolute atomic E-state index is 0.172. The topological polar surface area (TPSA) is 20.3 Å². The number of amides is 1. The number of halogens is 1. The van der Waals surface area contributed by atoms with Crippen LogP contribution in [0.2, 0.25) is 0 Å². The van der Waals surface area contributed by atoms with Crippen molar-refractivity contribution in [1.29, 1.82) is 0 Å². The first-order valence-corrected chi connectivity index (χ1v) is 6.79. The van der Waals surface area contributed by atoms with E-state index < -0.39 is 0 Å². The zero-order valence-electron chi connectivity index (χ0n) is 8.87. The summed E-state index contributed by atoms with van der Waals surface area (Å²) in [4.78, 5) is 13.3. The molecule has 2 nitrogen and oxygen atoms in total. The Morgan fingerprint density at radius 1 is 1.40 bits per heavy atom. The molecule has 0 radical (unpaired) electrons. The third kappa shape index (κ3) is 4.26. The average molecular weight is 288 g/mol. The SMILES string of the molecule is CSCC(=O)N(C)Cc1ccc(Br)cc1. The van der Waals surface area contributed by atoms with Crippen LogP contribution in [0, 0.1) is 0 Å². The lowest BCUT2D eigenvalue weighted by Gasteiger charge is -2.16. The predicted molar refractivity (Wildman–Crippen MR) is 69.0 cm³/mol. The molecule has 15 heavy (non-hydrogen) atoms. The monoisotopic (exact) mass is 287 g/mol. The van der Waals surface area contributed by atoms with E-state index >= 15 is 0 Å². The van der Waals surface area contributed by atoms with E-state index in [1.54, 1.807) is 16.7 Å². The number of carbonyl (C=O) groups excluding carboxylic acids is 1. The van der Waals surface area contributed by atoms with Crippen molar-refractivity contribution in [2.24, 2.45) is 0 Å². The number of benzene rings is 1. The van der Waals surface area contributed by atoms with E-state index in [-0.39, 0.29) is 5.91 Å². The molecule has 4 heteroatoms. The van der Waals surface area contributed by atoms with Gasteiger partial charge in [-0.2, -0.15) is 11.8 Å². The third-order valence-electron chi connectivity index (χ3n) is 2.03. The number of carbonyl (C=O) groups is 1. The highest BCUT2D eigenvalue weighted by Crippen LogP contribution is 2.12. The van der Waals surface area contributed by atoms with Crippen molar-refractivity contribution in [3.63, 3.8) is 0 Å². The van der Waals surface area contributed by atoms with Gasteiger partial charge in [0.05, 0.1) is 5.75 Å². The van der Waals surface area contributed by atoms with Gasteiger partial charge in [-0.1, -0.05) is 28.1 Å². The van der Waals surface area contributed by atoms with Gasteiger partial charge in [-0.05, 0) is 24.0 Å². The highest BCUT2D eigenvalue weighted by Gasteiger charge is 2.07. The van der Waals surface area contributed by atoms with Gasteiger partial charge in [-0.25, -0.2) is 0 Å². The number of nitrogens with zero attached hydrogens (tertiary/aromatic N) is 1. The molecule has 0 bridgehead atoms. The van der Waals surface area contributed by atoms with E-state index in [1.165, 1.54) is 0 Å². The van der Waals surface area contributed by atoms with Crippen molar-refractivity contribution in [3.05, 3.63) is 34.3 Å². The van der Waals surface area contributed by atoms with Gasteiger partial charge in [-0.3, -0.25) is 4.79 Å². The maximum atomic E-state index is 11.5. The number of hydrogen-bond acceptors (Lipinski definition) is 2. The van der Waals surface area contributed by atoms with Crippen LogP contribution in [0.25, 0.3) is 0 Å². The molecule has 0 heterocycles. The van der Waals surface area contributed by atoms with Crippen LogP contribution in [0.3, 0.4) is 0 Å². The van der Waals surface area contributed by atoms with Crippen molar-refractivity contribution in [2.45, 2.75) is 6.54 Å². The van der Waals surface area contributed by atoms with E-state index in [4.69, 9.17) is 0 Å². The zero-order valence-corrected chi connectivity index (χ0v) is 11.3. The first kappa shape index (κ1) is 12.6. The third-order valence-corrected chi connectivity index (χ3v) is 3.09. The van der Waals surface area contributed by atoms with Crippen LogP contribution < -0.4 is 0 Å². The molecular weight excluding hydrogens is 274 g/mol. The first-order chi connectivity index (χ1) is 7.13. The van der Waals surface area contributed by atoms with E-state index in [0.717, 1.165) is 10.0 Å². The smallest absolute Gasteiger partial charge is 0.232 e. The summed E-state index contributed by atoms with van der Waals surface area (Å²) in [6, 6.07) is 8.02. The Bertz CT molecular complexity index is 326. The van der Waals surface area contributed by atoms with Crippen molar-refractivity contribution in [2.75, 3.05) is 19.1 Å². The standard InChI is InChI=1S/C11H14BrNOS/c1-13(11(14)8-15-2)7-9-3-5-10(12)6-4-9/h3-6H,7-8H2,1-2H3. The second-order valence-electron chi connectivity index (χ2n) is 3.31. The van der Waals surface area contributed by atoms with Gasteiger partial charge in [0.1, 0.15) is 0 Å². The van der Waals surface area contributed by atoms with E-state index in [0.29, 0.717) is 12.3 Å². The molecule has 0 N–H and O–H groups in total. The maximum Gasteiger partial charge on any atom is 0.232 e. The van der Waals surface area contributed by atoms with E-state index in [1.807, 2.05) is 37.6 Å². The summed E-state index contributed by atoms with van der Waals surface area (Å²) in [6.45, 7) is 0.673. The van der Waals surface area contributed by atoms with Crippen molar-refractivity contribution >= 4 is 33.6 Å². The van der Waals surface area contributed by atoms with Gasteiger partial charge in [0.2, 0.25) is 5.91 Å². The summed E-state index contributed by atoms with van der Waals surface area (Å²) < 4.78 is 1.06. The fraction of sp³-hybridized carbons (Fsp3) is 0.364. The van der Waals surface area contributed by atoms with Crippen LogP contribution in [0.4, 0.5) is 0 Å². The molecule has 0 aromatic heterocycles. The van der Waals surface area contributed by atoms with Crippen molar-refractivity contribution in [3.8, 4) is 0 Å². The normalized spacial score (nSPS) is 10.1. The Morgan fingerprint density at radius 2 is 2.00 bits per heavy atom. The molecule has 1 aromatic rings. The molecule has 0 saturated carbocycles. The van der Waals surface area contributed by atoms with Crippen LogP contribution in [0.1, 0.15) is 5.56 Å². The fourth-order valence-electron chi connectivity index (χ4n) is 1.19. The molecule has 0 unspecified atom stereocenters. The summed E-state index contributed by atoms with van der Waals surface area (Å²) in [6.07, 6.45) is 1.94. The molecule has 0 fully saturated rings. The van der Waals surface area contributed by atoms with E-state index in [2.05, 4.69) is 15.9 Å². The van der Waals surface area contributed by atoms with Gasteiger partial charge in [0, 0.05) is 18.1 Å². The molecule has 1 rings (SSSR count).